The van der Waals surface area contributed by atoms with Crippen LogP contribution in [0.15, 0.2) is 48.5 Å². The summed E-state index contributed by atoms with van der Waals surface area (Å²) in [6, 6.07) is 15.8. The number of halogens is 1. The second-order valence-electron chi connectivity index (χ2n) is 7.96. The molecule has 168 valence electrons. The summed E-state index contributed by atoms with van der Waals surface area (Å²) in [7, 11) is 0. The molecule has 4 rings (SSSR count). The molecule has 1 heterocycles. The fourth-order valence-corrected chi connectivity index (χ4v) is 5.35. The number of anilines is 2. The first-order valence-electron chi connectivity index (χ1n) is 10.6. The molecule has 1 aromatic heterocycles. The molecular weight excluding hydrogens is 458 g/mol. The van der Waals surface area contributed by atoms with E-state index >= 15 is 0 Å². The number of nitriles is 1. The minimum absolute atomic E-state index is 0.185. The Labute approximate surface area is 201 Å². The van der Waals surface area contributed by atoms with E-state index in [0.29, 0.717) is 38.5 Å². The Morgan fingerprint density at radius 2 is 1.94 bits per heavy atom. The molecule has 8 heteroatoms. The van der Waals surface area contributed by atoms with Crippen LogP contribution in [0.1, 0.15) is 39.7 Å². The van der Waals surface area contributed by atoms with Crippen LogP contribution in [0.5, 0.6) is 5.75 Å². The monoisotopic (exact) mass is 479 g/mol. The predicted octanol–water partition coefficient (Wildman–Crippen LogP) is 5.67. The topological polar surface area (TPSA) is 91.2 Å². The zero-order valence-corrected chi connectivity index (χ0v) is 19.6. The molecule has 0 saturated carbocycles. The van der Waals surface area contributed by atoms with E-state index in [1.807, 2.05) is 0 Å². The lowest BCUT2D eigenvalue weighted by molar-refractivity contribution is -0.118. The van der Waals surface area contributed by atoms with Crippen LogP contribution in [0.25, 0.3) is 0 Å². The molecule has 0 unspecified atom stereocenters. The molecule has 6 nitrogen and oxygen atoms in total. The number of amides is 2. The van der Waals surface area contributed by atoms with Crippen LogP contribution in [0.2, 0.25) is 5.02 Å². The highest BCUT2D eigenvalue weighted by Gasteiger charge is 2.24. The fourth-order valence-electron chi connectivity index (χ4n) is 3.75. The van der Waals surface area contributed by atoms with Gasteiger partial charge in [0.15, 0.2) is 6.61 Å². The maximum Gasteiger partial charge on any atom is 0.262 e. The summed E-state index contributed by atoms with van der Waals surface area (Å²) < 4.78 is 5.57. The lowest BCUT2D eigenvalue weighted by Crippen LogP contribution is -2.20. The van der Waals surface area contributed by atoms with Crippen LogP contribution in [-0.4, -0.2) is 18.4 Å². The summed E-state index contributed by atoms with van der Waals surface area (Å²) in [6.07, 6.45) is 2.88. The van der Waals surface area contributed by atoms with Crippen molar-refractivity contribution in [2.75, 3.05) is 17.2 Å². The summed E-state index contributed by atoms with van der Waals surface area (Å²) in [5, 5.41) is 16.1. The van der Waals surface area contributed by atoms with Crippen molar-refractivity contribution in [3.63, 3.8) is 0 Å². The molecule has 33 heavy (non-hydrogen) atoms. The molecule has 0 bridgehead atoms. The van der Waals surface area contributed by atoms with Crippen LogP contribution in [-0.2, 0) is 17.6 Å². The van der Waals surface area contributed by atoms with Crippen molar-refractivity contribution in [1.29, 1.82) is 5.26 Å². The maximum atomic E-state index is 12.4. The Morgan fingerprint density at radius 3 is 2.67 bits per heavy atom. The maximum absolute atomic E-state index is 12.4. The van der Waals surface area contributed by atoms with Gasteiger partial charge in [-0.1, -0.05) is 30.7 Å². The van der Waals surface area contributed by atoms with Crippen molar-refractivity contribution >= 4 is 45.4 Å². The number of hydrogen-bond acceptors (Lipinski definition) is 5. The highest BCUT2D eigenvalue weighted by Crippen LogP contribution is 2.39. The van der Waals surface area contributed by atoms with Gasteiger partial charge in [-0.25, -0.2) is 0 Å². The number of rotatable bonds is 6. The van der Waals surface area contributed by atoms with Gasteiger partial charge in [0.05, 0.1) is 16.1 Å². The van der Waals surface area contributed by atoms with Gasteiger partial charge in [0.2, 0.25) is 0 Å². The quantitative estimate of drug-likeness (QED) is 0.476. The number of thiophene rings is 1. The van der Waals surface area contributed by atoms with Crippen LogP contribution >= 0.6 is 22.9 Å². The van der Waals surface area contributed by atoms with Gasteiger partial charge >= 0.3 is 0 Å². The summed E-state index contributed by atoms with van der Waals surface area (Å²) in [5.74, 6) is 0.442. The van der Waals surface area contributed by atoms with E-state index in [9.17, 15) is 14.9 Å². The molecule has 3 aromatic rings. The van der Waals surface area contributed by atoms with E-state index in [1.54, 1.807) is 48.5 Å². The SMILES string of the molecule is C[C@@H]1CCc2c(sc(NC(=O)COc3ccc(NC(=O)c4ccccc4Cl)cc3)c2C#N)C1. The third kappa shape index (κ3) is 5.36. The van der Waals surface area contributed by atoms with Gasteiger partial charge in [-0.2, -0.15) is 5.26 Å². The average molecular weight is 480 g/mol. The molecule has 0 spiro atoms. The Balaban J connectivity index is 1.33. The molecule has 0 aliphatic heterocycles. The van der Waals surface area contributed by atoms with E-state index < -0.39 is 0 Å². The smallest absolute Gasteiger partial charge is 0.262 e. The van der Waals surface area contributed by atoms with Crippen molar-refractivity contribution < 1.29 is 14.3 Å². The van der Waals surface area contributed by atoms with Crippen LogP contribution in [0.3, 0.4) is 0 Å². The number of carbonyl (C=O) groups is 2. The Hall–Kier alpha value is -3.34. The molecule has 0 radical (unpaired) electrons. The van der Waals surface area contributed by atoms with Gasteiger partial charge in [0.1, 0.15) is 16.8 Å². The molecule has 2 amide bonds. The summed E-state index contributed by atoms with van der Waals surface area (Å²) in [6.45, 7) is 2.02. The van der Waals surface area contributed by atoms with E-state index in [2.05, 4.69) is 23.6 Å². The first kappa shape index (κ1) is 22.8. The normalized spacial score (nSPS) is 14.6. The number of benzene rings is 2. The van der Waals surface area contributed by atoms with Crippen molar-refractivity contribution in [2.24, 2.45) is 5.92 Å². The molecular formula is C25H22ClN3O3S. The third-order valence-corrected chi connectivity index (χ3v) is 6.98. The predicted molar refractivity (Wildman–Crippen MR) is 130 cm³/mol. The second kappa shape index (κ2) is 10.1. The molecule has 2 aromatic carbocycles. The molecule has 0 fully saturated rings. The highest BCUT2D eigenvalue weighted by atomic mass is 35.5. The molecule has 1 atom stereocenters. The highest BCUT2D eigenvalue weighted by molar-refractivity contribution is 7.16. The van der Waals surface area contributed by atoms with Gasteiger partial charge in [0, 0.05) is 10.6 Å². The van der Waals surface area contributed by atoms with Crippen molar-refractivity contribution in [3.05, 3.63) is 75.1 Å². The van der Waals surface area contributed by atoms with Crippen LogP contribution in [0, 0.1) is 17.2 Å². The second-order valence-corrected chi connectivity index (χ2v) is 9.48. The average Bonchev–Trinajstić information content (AvgIpc) is 3.14. The third-order valence-electron chi connectivity index (χ3n) is 5.48. The molecule has 1 aliphatic carbocycles. The minimum atomic E-state index is -0.325. The Kier molecular flexibility index (Phi) is 6.97. The number of ether oxygens (including phenoxy) is 1. The lowest BCUT2D eigenvalue weighted by atomic mass is 9.89. The van der Waals surface area contributed by atoms with Gasteiger partial charge in [-0.15, -0.1) is 11.3 Å². The minimum Gasteiger partial charge on any atom is -0.484 e. The first-order chi connectivity index (χ1) is 15.9. The number of nitrogens with zero attached hydrogens (tertiary/aromatic N) is 1. The summed E-state index contributed by atoms with van der Waals surface area (Å²) in [4.78, 5) is 26.0. The summed E-state index contributed by atoms with van der Waals surface area (Å²) >= 11 is 7.55. The lowest BCUT2D eigenvalue weighted by Gasteiger charge is -2.17. The number of carbonyl (C=O) groups excluding carboxylic acids is 2. The van der Waals surface area contributed by atoms with Crippen molar-refractivity contribution in [2.45, 2.75) is 26.2 Å². The van der Waals surface area contributed by atoms with E-state index in [4.69, 9.17) is 16.3 Å². The number of fused-ring (bicyclic) bond motifs is 1. The van der Waals surface area contributed by atoms with Crippen LogP contribution in [0.4, 0.5) is 10.7 Å². The van der Waals surface area contributed by atoms with Gasteiger partial charge < -0.3 is 15.4 Å². The molecule has 0 saturated heterocycles. The zero-order chi connectivity index (χ0) is 23.4. The molecule has 2 N–H and O–H groups in total. The Bertz CT molecular complexity index is 1230. The van der Waals surface area contributed by atoms with Crippen molar-refractivity contribution in [3.8, 4) is 11.8 Å². The van der Waals surface area contributed by atoms with Crippen LogP contribution < -0.4 is 15.4 Å². The van der Waals surface area contributed by atoms with E-state index in [0.717, 1.165) is 24.8 Å². The fraction of sp³-hybridized carbons (Fsp3) is 0.240. The van der Waals surface area contributed by atoms with Gasteiger partial charge in [-0.3, -0.25) is 9.59 Å². The number of nitrogens with one attached hydrogen (secondary N) is 2. The van der Waals surface area contributed by atoms with E-state index in [1.165, 1.54) is 16.2 Å². The standard InChI is InChI=1S/C25H22ClN3O3S/c1-15-6-11-18-20(13-27)25(33-22(18)12-15)29-23(30)14-32-17-9-7-16(8-10-17)28-24(31)19-4-2-3-5-21(19)26/h2-5,7-10,15H,6,11-12,14H2,1H3,(H,28,31)(H,29,30)/t15-/m1/s1. The Morgan fingerprint density at radius 1 is 1.18 bits per heavy atom. The largest absolute Gasteiger partial charge is 0.484 e. The zero-order valence-electron chi connectivity index (χ0n) is 18.0. The van der Waals surface area contributed by atoms with Crippen molar-refractivity contribution in [1.82, 2.24) is 0 Å². The summed E-state index contributed by atoms with van der Waals surface area (Å²) in [5.41, 5.74) is 2.62. The van der Waals surface area contributed by atoms with Gasteiger partial charge in [-0.05, 0) is 67.1 Å². The first-order valence-corrected chi connectivity index (χ1v) is 11.8. The number of hydrogen-bond donors (Lipinski definition) is 2. The van der Waals surface area contributed by atoms with Gasteiger partial charge in [0.25, 0.3) is 11.8 Å². The molecule has 1 aliphatic rings. The van der Waals surface area contributed by atoms with E-state index in [-0.39, 0.29) is 18.4 Å².